The van der Waals surface area contributed by atoms with E-state index >= 15 is 0 Å². The van der Waals surface area contributed by atoms with Crippen LogP contribution in [-0.4, -0.2) is 22.2 Å². The first-order valence-corrected chi connectivity index (χ1v) is 7.21. The third kappa shape index (κ3) is 3.33. The summed E-state index contributed by atoms with van der Waals surface area (Å²) in [5.74, 6) is 0. The Labute approximate surface area is 135 Å². The molecule has 0 saturated carbocycles. The number of rotatable bonds is 2. The second-order valence-electron chi connectivity index (χ2n) is 5.48. The topological polar surface area (TPSA) is 74.2 Å². The smallest absolute Gasteiger partial charge is 0.390 e. The normalized spacial score (nSPS) is 19.7. The molecule has 1 aliphatic carbocycles. The van der Waals surface area contributed by atoms with Gasteiger partial charge in [-0.3, -0.25) is 0 Å². The largest absolute Gasteiger partial charge is 0.433 e. The number of aliphatic hydroxyl groups excluding tert-OH is 1. The van der Waals surface area contributed by atoms with E-state index in [-0.39, 0.29) is 5.69 Å². The molecular weight excluding hydrogens is 323 g/mol. The first kappa shape index (κ1) is 16.3. The molecule has 2 aromatic rings. The van der Waals surface area contributed by atoms with Gasteiger partial charge in [0.2, 0.25) is 0 Å². The molecule has 0 bridgehead atoms. The van der Waals surface area contributed by atoms with Gasteiger partial charge in [0.05, 0.1) is 24.0 Å². The van der Waals surface area contributed by atoms with Crippen molar-refractivity contribution in [2.75, 3.05) is 5.32 Å². The van der Waals surface area contributed by atoms with Gasteiger partial charge in [-0.25, -0.2) is 9.78 Å². The second-order valence-corrected chi connectivity index (χ2v) is 5.48. The lowest BCUT2D eigenvalue weighted by atomic mass is 10.1. The van der Waals surface area contributed by atoms with Crippen molar-refractivity contribution < 1.29 is 23.1 Å². The summed E-state index contributed by atoms with van der Waals surface area (Å²) >= 11 is 0. The van der Waals surface area contributed by atoms with E-state index in [0.29, 0.717) is 6.42 Å². The monoisotopic (exact) mass is 337 g/mol. The molecule has 0 radical (unpaired) electrons. The maximum absolute atomic E-state index is 12.4. The van der Waals surface area contributed by atoms with Crippen molar-refractivity contribution in [3.8, 4) is 0 Å². The summed E-state index contributed by atoms with van der Waals surface area (Å²) in [6.07, 6.45) is -3.91. The number of aliphatic hydroxyl groups is 1. The molecule has 1 aromatic carbocycles. The highest BCUT2D eigenvalue weighted by Gasteiger charge is 2.33. The maximum Gasteiger partial charge on any atom is 0.433 e. The van der Waals surface area contributed by atoms with Crippen LogP contribution in [0.15, 0.2) is 42.6 Å². The molecule has 0 aliphatic heterocycles. The van der Waals surface area contributed by atoms with Gasteiger partial charge in [0.1, 0.15) is 5.69 Å². The van der Waals surface area contributed by atoms with Crippen molar-refractivity contribution in [3.63, 3.8) is 0 Å². The lowest BCUT2D eigenvalue weighted by molar-refractivity contribution is -0.141. The number of nitrogens with zero attached hydrogens (tertiary/aromatic N) is 1. The third-order valence-electron chi connectivity index (χ3n) is 3.80. The Morgan fingerprint density at radius 3 is 2.62 bits per heavy atom. The van der Waals surface area contributed by atoms with Crippen LogP contribution in [0, 0.1) is 0 Å². The summed E-state index contributed by atoms with van der Waals surface area (Å²) in [4.78, 5) is 15.3. The molecule has 8 heteroatoms. The molecule has 24 heavy (non-hydrogen) atoms. The van der Waals surface area contributed by atoms with Gasteiger partial charge in [-0.2, -0.15) is 13.2 Å². The number of hydrogen-bond donors (Lipinski definition) is 3. The molecule has 1 aromatic heterocycles. The number of aromatic nitrogens is 1. The molecule has 3 N–H and O–H groups in total. The molecule has 0 spiro atoms. The number of anilines is 1. The fraction of sp³-hybridized carbons (Fsp3) is 0.250. The van der Waals surface area contributed by atoms with Gasteiger partial charge in [-0.05, 0) is 23.3 Å². The van der Waals surface area contributed by atoms with Crippen LogP contribution in [0.3, 0.4) is 0 Å². The summed E-state index contributed by atoms with van der Waals surface area (Å²) in [6.45, 7) is 0. The molecule has 1 heterocycles. The molecule has 0 unspecified atom stereocenters. The number of halogens is 3. The summed E-state index contributed by atoms with van der Waals surface area (Å²) in [5.41, 5.74) is 0.868. The average molecular weight is 337 g/mol. The fourth-order valence-corrected chi connectivity index (χ4v) is 2.69. The van der Waals surface area contributed by atoms with E-state index in [1.54, 1.807) is 0 Å². The fourth-order valence-electron chi connectivity index (χ4n) is 2.69. The van der Waals surface area contributed by atoms with E-state index < -0.39 is 30.0 Å². The van der Waals surface area contributed by atoms with Gasteiger partial charge in [-0.1, -0.05) is 24.3 Å². The van der Waals surface area contributed by atoms with E-state index in [4.69, 9.17) is 0 Å². The summed E-state index contributed by atoms with van der Waals surface area (Å²) < 4.78 is 37.3. The number of carbonyl (C=O) groups is 1. The zero-order chi connectivity index (χ0) is 17.3. The first-order chi connectivity index (χ1) is 11.3. The number of nitrogens with one attached hydrogen (secondary N) is 2. The van der Waals surface area contributed by atoms with Crippen LogP contribution in [0.2, 0.25) is 0 Å². The van der Waals surface area contributed by atoms with Gasteiger partial charge >= 0.3 is 12.2 Å². The van der Waals surface area contributed by atoms with Crippen LogP contribution in [0.25, 0.3) is 0 Å². The number of amides is 2. The van der Waals surface area contributed by atoms with Crippen LogP contribution >= 0.6 is 0 Å². The zero-order valence-electron chi connectivity index (χ0n) is 12.3. The maximum atomic E-state index is 12.4. The van der Waals surface area contributed by atoms with Crippen molar-refractivity contribution in [1.29, 1.82) is 0 Å². The molecule has 5 nitrogen and oxygen atoms in total. The highest BCUT2D eigenvalue weighted by atomic mass is 19.4. The van der Waals surface area contributed by atoms with Crippen molar-refractivity contribution in [1.82, 2.24) is 10.3 Å². The lowest BCUT2D eigenvalue weighted by Crippen LogP contribution is -2.36. The summed E-state index contributed by atoms with van der Waals surface area (Å²) in [5, 5.41) is 15.1. The molecule has 126 valence electrons. The Morgan fingerprint density at radius 1 is 1.21 bits per heavy atom. The number of fused-ring (bicyclic) bond motifs is 1. The third-order valence-corrected chi connectivity index (χ3v) is 3.80. The van der Waals surface area contributed by atoms with Crippen LogP contribution in [-0.2, 0) is 12.6 Å². The minimum atomic E-state index is -4.53. The van der Waals surface area contributed by atoms with Gasteiger partial charge in [0.15, 0.2) is 0 Å². The quantitative estimate of drug-likeness (QED) is 0.789. The van der Waals surface area contributed by atoms with Crippen molar-refractivity contribution in [3.05, 3.63) is 59.4 Å². The van der Waals surface area contributed by atoms with Gasteiger partial charge in [0, 0.05) is 6.42 Å². The highest BCUT2D eigenvalue weighted by molar-refractivity contribution is 5.89. The molecule has 0 fully saturated rings. The number of alkyl halides is 3. The van der Waals surface area contributed by atoms with Gasteiger partial charge in [-0.15, -0.1) is 0 Å². The van der Waals surface area contributed by atoms with Crippen molar-refractivity contribution in [2.24, 2.45) is 0 Å². The number of pyridine rings is 1. The van der Waals surface area contributed by atoms with E-state index in [1.165, 1.54) is 0 Å². The molecule has 2 atom stereocenters. The summed E-state index contributed by atoms with van der Waals surface area (Å²) in [6, 6.07) is 8.06. The van der Waals surface area contributed by atoms with Gasteiger partial charge in [0.25, 0.3) is 0 Å². The average Bonchev–Trinajstić information content (AvgIpc) is 2.83. The molecule has 0 saturated heterocycles. The number of benzene rings is 1. The second kappa shape index (κ2) is 6.12. The predicted octanol–water partition coefficient (Wildman–Crippen LogP) is 2.88. The molecule has 3 rings (SSSR count). The Bertz CT molecular complexity index is 747. The van der Waals surface area contributed by atoms with Gasteiger partial charge < -0.3 is 15.7 Å². The van der Waals surface area contributed by atoms with E-state index in [0.717, 1.165) is 29.5 Å². The lowest BCUT2D eigenvalue weighted by Gasteiger charge is -2.18. The number of urea groups is 1. The highest BCUT2D eigenvalue weighted by Crippen LogP contribution is 2.31. The molecule has 2 amide bonds. The van der Waals surface area contributed by atoms with Crippen LogP contribution in [0.1, 0.15) is 22.9 Å². The number of hydrogen-bond acceptors (Lipinski definition) is 3. The summed E-state index contributed by atoms with van der Waals surface area (Å²) in [7, 11) is 0. The Balaban J connectivity index is 1.66. The zero-order valence-corrected chi connectivity index (χ0v) is 12.3. The Morgan fingerprint density at radius 2 is 1.96 bits per heavy atom. The SMILES string of the molecule is O=C(Nc1ccc(C(F)(F)F)nc1)N[C@H]1c2ccccc2C[C@H]1O. The Hall–Kier alpha value is -2.61. The standard InChI is InChI=1S/C16H14F3N3O2/c17-16(18,19)13-6-5-10(8-20-13)21-15(24)22-14-11-4-2-1-3-9(11)7-12(14)23/h1-6,8,12,14,23H,7H2,(H2,21,22,24)/t12-,14+/m1/s1. The van der Waals surface area contributed by atoms with Crippen LogP contribution in [0.4, 0.5) is 23.7 Å². The van der Waals surface area contributed by atoms with E-state index in [1.807, 2.05) is 24.3 Å². The van der Waals surface area contributed by atoms with E-state index in [2.05, 4.69) is 15.6 Å². The molecular formula is C16H14F3N3O2. The predicted molar refractivity (Wildman–Crippen MR) is 80.3 cm³/mol. The minimum absolute atomic E-state index is 0.126. The van der Waals surface area contributed by atoms with Crippen LogP contribution < -0.4 is 10.6 Å². The van der Waals surface area contributed by atoms with E-state index in [9.17, 15) is 23.1 Å². The Kier molecular flexibility index (Phi) is 4.15. The first-order valence-electron chi connectivity index (χ1n) is 7.21. The number of carbonyl (C=O) groups excluding carboxylic acids is 1. The molecule has 1 aliphatic rings. The van der Waals surface area contributed by atoms with Crippen LogP contribution in [0.5, 0.6) is 0 Å². The van der Waals surface area contributed by atoms with Crippen molar-refractivity contribution >= 4 is 11.7 Å². The minimum Gasteiger partial charge on any atom is -0.390 e. The van der Waals surface area contributed by atoms with Crippen molar-refractivity contribution in [2.45, 2.75) is 24.7 Å².